The first-order valence-corrected chi connectivity index (χ1v) is 5.54. The van der Waals surface area contributed by atoms with Crippen LogP contribution >= 0.6 is 0 Å². The van der Waals surface area contributed by atoms with E-state index in [1.54, 1.807) is 7.11 Å². The number of rotatable bonds is 5. The summed E-state index contributed by atoms with van der Waals surface area (Å²) in [6, 6.07) is 5.89. The second kappa shape index (κ2) is 5.03. The molecule has 0 atom stereocenters. The third-order valence-electron chi connectivity index (χ3n) is 2.73. The van der Waals surface area contributed by atoms with Crippen LogP contribution in [0.5, 0.6) is 5.75 Å². The second-order valence-corrected chi connectivity index (χ2v) is 3.80. The van der Waals surface area contributed by atoms with Gasteiger partial charge in [0.15, 0.2) is 0 Å². The van der Waals surface area contributed by atoms with E-state index in [4.69, 9.17) is 9.15 Å². The fourth-order valence-electron chi connectivity index (χ4n) is 1.93. The van der Waals surface area contributed by atoms with Crippen molar-refractivity contribution in [3.05, 3.63) is 30.0 Å². The molecule has 0 saturated heterocycles. The normalized spacial score (nSPS) is 10.9. The average Bonchev–Trinajstić information content (AvgIpc) is 2.73. The van der Waals surface area contributed by atoms with Crippen LogP contribution in [0.3, 0.4) is 0 Å². The summed E-state index contributed by atoms with van der Waals surface area (Å²) in [5.74, 6) is 0.894. The third kappa shape index (κ3) is 2.04. The maximum absolute atomic E-state index is 5.52. The zero-order chi connectivity index (χ0) is 11.4. The van der Waals surface area contributed by atoms with E-state index < -0.39 is 0 Å². The third-order valence-corrected chi connectivity index (χ3v) is 2.73. The number of aryl methyl sites for hydroxylation is 1. The number of nitrogens with one attached hydrogen (secondary N) is 1. The average molecular weight is 219 g/mol. The number of hydrogen-bond donors (Lipinski definition) is 1. The van der Waals surface area contributed by atoms with Gasteiger partial charge in [-0.25, -0.2) is 0 Å². The highest BCUT2D eigenvalue weighted by Crippen LogP contribution is 2.30. The molecule has 1 heterocycles. The summed E-state index contributed by atoms with van der Waals surface area (Å²) in [6.07, 6.45) is 3.94. The van der Waals surface area contributed by atoms with E-state index in [-0.39, 0.29) is 0 Å². The molecule has 0 saturated carbocycles. The smallest absolute Gasteiger partial charge is 0.137 e. The van der Waals surface area contributed by atoms with E-state index in [1.807, 2.05) is 31.5 Å². The molecule has 0 radical (unpaired) electrons. The highest BCUT2D eigenvalue weighted by Gasteiger charge is 2.10. The van der Waals surface area contributed by atoms with Gasteiger partial charge in [-0.05, 0) is 38.6 Å². The van der Waals surface area contributed by atoms with Crippen LogP contribution in [0, 0.1) is 0 Å². The van der Waals surface area contributed by atoms with Gasteiger partial charge in [-0.15, -0.1) is 0 Å². The van der Waals surface area contributed by atoms with Gasteiger partial charge in [-0.3, -0.25) is 0 Å². The number of ether oxygens (including phenoxy) is 1. The van der Waals surface area contributed by atoms with Crippen molar-refractivity contribution in [3.8, 4) is 5.75 Å². The summed E-state index contributed by atoms with van der Waals surface area (Å²) in [6.45, 7) is 1.02. The van der Waals surface area contributed by atoms with E-state index in [0.29, 0.717) is 0 Å². The van der Waals surface area contributed by atoms with E-state index in [1.165, 1.54) is 5.56 Å². The highest BCUT2D eigenvalue weighted by molar-refractivity contribution is 5.87. The second-order valence-electron chi connectivity index (χ2n) is 3.80. The molecule has 3 heteroatoms. The van der Waals surface area contributed by atoms with Crippen molar-refractivity contribution in [3.63, 3.8) is 0 Å². The molecule has 0 aliphatic carbocycles. The van der Waals surface area contributed by atoms with Crippen molar-refractivity contribution in [1.29, 1.82) is 0 Å². The lowest BCUT2D eigenvalue weighted by molar-refractivity contribution is 0.419. The fourth-order valence-corrected chi connectivity index (χ4v) is 1.93. The van der Waals surface area contributed by atoms with Crippen molar-refractivity contribution in [2.45, 2.75) is 12.8 Å². The summed E-state index contributed by atoms with van der Waals surface area (Å²) < 4.78 is 10.9. The van der Waals surface area contributed by atoms with Crippen molar-refractivity contribution in [2.75, 3.05) is 20.7 Å². The number of hydrogen-bond acceptors (Lipinski definition) is 3. The first-order chi connectivity index (χ1) is 7.86. The molecule has 86 valence electrons. The van der Waals surface area contributed by atoms with E-state index in [0.717, 1.165) is 36.1 Å². The molecular weight excluding hydrogens is 202 g/mol. The molecule has 1 N–H and O–H groups in total. The van der Waals surface area contributed by atoms with Gasteiger partial charge in [-0.2, -0.15) is 0 Å². The van der Waals surface area contributed by atoms with Crippen molar-refractivity contribution in [2.24, 2.45) is 0 Å². The molecule has 0 unspecified atom stereocenters. The van der Waals surface area contributed by atoms with Crippen LogP contribution in [0.15, 0.2) is 28.9 Å². The van der Waals surface area contributed by atoms with Crippen molar-refractivity contribution >= 4 is 11.0 Å². The number of furan rings is 1. The van der Waals surface area contributed by atoms with Gasteiger partial charge in [0, 0.05) is 5.56 Å². The standard InChI is InChI=1S/C13H17NO2/c1-14-8-4-5-10-9-16-12-7-3-6-11(15-2)13(10)12/h3,6-7,9,14H,4-5,8H2,1-2H3. The topological polar surface area (TPSA) is 34.4 Å². The molecule has 0 aliphatic heterocycles. The first kappa shape index (κ1) is 11.0. The molecule has 0 aliphatic rings. The Morgan fingerprint density at radius 2 is 2.25 bits per heavy atom. The monoisotopic (exact) mass is 219 g/mol. The van der Waals surface area contributed by atoms with Crippen molar-refractivity contribution < 1.29 is 9.15 Å². The molecule has 0 bridgehead atoms. The minimum Gasteiger partial charge on any atom is -0.496 e. The van der Waals surface area contributed by atoms with Gasteiger partial charge in [-0.1, -0.05) is 6.07 Å². The lowest BCUT2D eigenvalue weighted by Gasteiger charge is -2.03. The van der Waals surface area contributed by atoms with Crippen LogP contribution in [0.2, 0.25) is 0 Å². The van der Waals surface area contributed by atoms with Gasteiger partial charge in [0.05, 0.1) is 18.8 Å². The zero-order valence-corrected chi connectivity index (χ0v) is 9.75. The van der Waals surface area contributed by atoms with Gasteiger partial charge in [0.2, 0.25) is 0 Å². The number of benzene rings is 1. The predicted molar refractivity (Wildman–Crippen MR) is 65.0 cm³/mol. The summed E-state index contributed by atoms with van der Waals surface area (Å²) in [5.41, 5.74) is 2.13. The summed E-state index contributed by atoms with van der Waals surface area (Å²) in [4.78, 5) is 0. The van der Waals surface area contributed by atoms with Crippen LogP contribution < -0.4 is 10.1 Å². The molecule has 0 amide bonds. The van der Waals surface area contributed by atoms with Gasteiger partial charge < -0.3 is 14.5 Å². The maximum Gasteiger partial charge on any atom is 0.137 e. The van der Waals surface area contributed by atoms with Gasteiger partial charge in [0.25, 0.3) is 0 Å². The van der Waals surface area contributed by atoms with Crippen LogP contribution in [-0.2, 0) is 6.42 Å². The van der Waals surface area contributed by atoms with Crippen LogP contribution in [0.4, 0.5) is 0 Å². The Bertz CT molecular complexity index is 462. The van der Waals surface area contributed by atoms with Crippen molar-refractivity contribution in [1.82, 2.24) is 5.32 Å². The number of fused-ring (bicyclic) bond motifs is 1. The lowest BCUT2D eigenvalue weighted by Crippen LogP contribution is -2.08. The SMILES string of the molecule is CNCCCc1coc2cccc(OC)c12. The molecule has 1 aromatic carbocycles. The molecule has 3 nitrogen and oxygen atoms in total. The Kier molecular flexibility index (Phi) is 3.47. The Morgan fingerprint density at radius 1 is 1.38 bits per heavy atom. The fraction of sp³-hybridized carbons (Fsp3) is 0.385. The molecule has 0 spiro atoms. The van der Waals surface area contributed by atoms with E-state index in [2.05, 4.69) is 5.32 Å². The lowest BCUT2D eigenvalue weighted by atomic mass is 10.1. The predicted octanol–water partition coefficient (Wildman–Crippen LogP) is 2.59. The molecule has 1 aromatic heterocycles. The zero-order valence-electron chi connectivity index (χ0n) is 9.75. The van der Waals surface area contributed by atoms with E-state index in [9.17, 15) is 0 Å². The molecule has 2 rings (SSSR count). The van der Waals surface area contributed by atoms with Crippen LogP contribution in [-0.4, -0.2) is 20.7 Å². The maximum atomic E-state index is 5.52. The Hall–Kier alpha value is -1.48. The van der Waals surface area contributed by atoms with Gasteiger partial charge in [0.1, 0.15) is 11.3 Å². The Morgan fingerprint density at radius 3 is 3.00 bits per heavy atom. The quantitative estimate of drug-likeness (QED) is 0.785. The van der Waals surface area contributed by atoms with Gasteiger partial charge >= 0.3 is 0 Å². The summed E-state index contributed by atoms with van der Waals surface area (Å²) >= 11 is 0. The first-order valence-electron chi connectivity index (χ1n) is 5.54. The molecule has 0 fully saturated rings. The summed E-state index contributed by atoms with van der Waals surface area (Å²) in [5, 5.41) is 4.26. The molecular formula is C13H17NO2. The minimum absolute atomic E-state index is 0.894. The Labute approximate surface area is 95.4 Å². The van der Waals surface area contributed by atoms with Crippen LogP contribution in [0.25, 0.3) is 11.0 Å². The highest BCUT2D eigenvalue weighted by atomic mass is 16.5. The van der Waals surface area contributed by atoms with E-state index >= 15 is 0 Å². The number of methoxy groups -OCH3 is 1. The Balaban J connectivity index is 2.30. The molecule has 2 aromatic rings. The van der Waals surface area contributed by atoms with Crippen LogP contribution in [0.1, 0.15) is 12.0 Å². The summed E-state index contributed by atoms with van der Waals surface area (Å²) in [7, 11) is 3.66. The minimum atomic E-state index is 0.894. The molecule has 16 heavy (non-hydrogen) atoms. The largest absolute Gasteiger partial charge is 0.496 e.